The fraction of sp³-hybridized carbons (Fsp3) is 0. The molecule has 0 aliphatic carbocycles. The van der Waals surface area contributed by atoms with Gasteiger partial charge in [-0.3, -0.25) is 0 Å². The molecule has 0 saturated carbocycles. The van der Waals surface area contributed by atoms with Gasteiger partial charge in [0.05, 0.1) is 28.1 Å². The van der Waals surface area contributed by atoms with Crippen molar-refractivity contribution in [2.75, 3.05) is 4.90 Å². The van der Waals surface area contributed by atoms with Crippen molar-refractivity contribution < 1.29 is 4.42 Å². The second-order valence-electron chi connectivity index (χ2n) is 16.0. The largest absolute Gasteiger partial charge is 0.455 e. The van der Waals surface area contributed by atoms with Crippen LogP contribution in [0.1, 0.15) is 0 Å². The molecule has 2 aromatic heterocycles. The van der Waals surface area contributed by atoms with Crippen molar-refractivity contribution in [3.8, 4) is 50.2 Å². The van der Waals surface area contributed by atoms with Gasteiger partial charge in [0.25, 0.3) is 0 Å². The van der Waals surface area contributed by atoms with Gasteiger partial charge in [-0.1, -0.05) is 194 Å². The summed E-state index contributed by atoms with van der Waals surface area (Å²) in [5.74, 6) is 0. The van der Waals surface area contributed by atoms with E-state index in [0.29, 0.717) is 0 Å². The molecule has 3 heteroatoms. The van der Waals surface area contributed by atoms with E-state index in [1.54, 1.807) is 0 Å². The molecule has 3 nitrogen and oxygen atoms in total. The fourth-order valence-corrected chi connectivity index (χ4v) is 9.54. The lowest BCUT2D eigenvalue weighted by molar-refractivity contribution is 0.670. The van der Waals surface area contributed by atoms with Gasteiger partial charge in [0.15, 0.2) is 0 Å². The first kappa shape index (κ1) is 36.5. The van der Waals surface area contributed by atoms with Gasteiger partial charge in [-0.05, 0) is 70.8 Å². The molecule has 0 bridgehead atoms. The molecular weight excluding hydrogens is 765 g/mol. The Morgan fingerprint density at radius 1 is 0.302 bits per heavy atom. The highest BCUT2D eigenvalue weighted by molar-refractivity contribution is 6.11. The van der Waals surface area contributed by atoms with Crippen LogP contribution in [0.2, 0.25) is 0 Å². The van der Waals surface area contributed by atoms with Crippen molar-refractivity contribution in [1.82, 2.24) is 4.57 Å². The van der Waals surface area contributed by atoms with E-state index in [4.69, 9.17) is 4.42 Å². The van der Waals surface area contributed by atoms with E-state index < -0.39 is 0 Å². The molecule has 0 saturated heterocycles. The van der Waals surface area contributed by atoms with E-state index in [2.05, 4.69) is 240 Å². The summed E-state index contributed by atoms with van der Waals surface area (Å²) in [5, 5.41) is 4.77. The van der Waals surface area contributed by atoms with Crippen LogP contribution in [0.25, 0.3) is 93.9 Å². The zero-order chi connectivity index (χ0) is 41.7. The lowest BCUT2D eigenvalue weighted by Crippen LogP contribution is -2.12. The first-order valence-electron chi connectivity index (χ1n) is 21.5. The average molecular weight is 805 g/mol. The number of hydrogen-bond donors (Lipinski definition) is 0. The predicted octanol–water partition coefficient (Wildman–Crippen LogP) is 16.8. The first-order chi connectivity index (χ1) is 31.3. The van der Waals surface area contributed by atoms with Gasteiger partial charge in [-0.2, -0.15) is 0 Å². The van der Waals surface area contributed by atoms with Crippen LogP contribution in [0.5, 0.6) is 0 Å². The zero-order valence-corrected chi connectivity index (χ0v) is 34.4. The van der Waals surface area contributed by atoms with E-state index >= 15 is 0 Å². The highest BCUT2D eigenvalue weighted by Crippen LogP contribution is 2.46. The minimum Gasteiger partial charge on any atom is -0.455 e. The standard InChI is InChI=1S/C60H40N2O/c1-2-17-41(18-3-1)46-19-4-10-27-54(46)61(45-39-37-43(38-40-45)48-21-6-12-29-56(48)62-57-30-13-7-22-50(57)51-23-8-14-31-58(51)62)55-28-11-5-20-47(55)42-33-35-44(36-34-42)49-25-16-26-53-52-24-9-15-32-59(52)63-60(49)53/h1-40H. The molecule has 0 fully saturated rings. The maximum atomic E-state index is 6.44. The van der Waals surface area contributed by atoms with E-state index in [0.717, 1.165) is 83.6 Å². The van der Waals surface area contributed by atoms with Crippen LogP contribution in [0.4, 0.5) is 17.1 Å². The number of hydrogen-bond acceptors (Lipinski definition) is 2. The summed E-state index contributed by atoms with van der Waals surface area (Å²) in [7, 11) is 0. The summed E-state index contributed by atoms with van der Waals surface area (Å²) >= 11 is 0. The normalized spacial score (nSPS) is 11.5. The minimum absolute atomic E-state index is 0.904. The molecule has 0 spiro atoms. The molecule has 0 unspecified atom stereocenters. The van der Waals surface area contributed by atoms with Crippen molar-refractivity contribution in [1.29, 1.82) is 0 Å². The van der Waals surface area contributed by atoms with Crippen LogP contribution in [0.3, 0.4) is 0 Å². The van der Waals surface area contributed by atoms with Crippen LogP contribution < -0.4 is 4.90 Å². The van der Waals surface area contributed by atoms with E-state index in [9.17, 15) is 0 Å². The SMILES string of the molecule is c1ccc(-c2ccccc2N(c2ccc(-c3ccccc3-n3c4ccccc4c4ccccc43)cc2)c2ccccc2-c2ccc(-c3cccc4c3oc3ccccc34)cc2)cc1. The van der Waals surface area contributed by atoms with Crippen molar-refractivity contribution in [3.63, 3.8) is 0 Å². The maximum absolute atomic E-state index is 6.44. The lowest BCUT2D eigenvalue weighted by Gasteiger charge is -2.30. The van der Waals surface area contributed by atoms with Gasteiger partial charge in [0.2, 0.25) is 0 Å². The number of para-hydroxylation sites is 7. The molecule has 0 aliphatic heterocycles. The molecule has 12 aromatic rings. The van der Waals surface area contributed by atoms with Gasteiger partial charge in [0, 0.05) is 49.5 Å². The Labute approximate surface area is 366 Å². The molecule has 296 valence electrons. The molecule has 12 rings (SSSR count). The molecule has 10 aromatic carbocycles. The summed E-state index contributed by atoms with van der Waals surface area (Å²) in [4.78, 5) is 2.42. The van der Waals surface area contributed by atoms with Crippen LogP contribution in [-0.4, -0.2) is 4.57 Å². The smallest absolute Gasteiger partial charge is 0.143 e. The van der Waals surface area contributed by atoms with Gasteiger partial charge >= 0.3 is 0 Å². The summed E-state index contributed by atoms with van der Waals surface area (Å²) in [5.41, 5.74) is 17.7. The number of anilines is 3. The highest BCUT2D eigenvalue weighted by atomic mass is 16.3. The Kier molecular flexibility index (Phi) is 8.83. The summed E-state index contributed by atoms with van der Waals surface area (Å²) in [6.45, 7) is 0. The maximum Gasteiger partial charge on any atom is 0.143 e. The first-order valence-corrected chi connectivity index (χ1v) is 21.5. The second kappa shape index (κ2) is 15.3. The van der Waals surface area contributed by atoms with Gasteiger partial charge in [-0.25, -0.2) is 0 Å². The van der Waals surface area contributed by atoms with Crippen LogP contribution >= 0.6 is 0 Å². The number of aromatic nitrogens is 1. The fourth-order valence-electron chi connectivity index (χ4n) is 9.54. The van der Waals surface area contributed by atoms with Crippen LogP contribution in [0.15, 0.2) is 247 Å². The quantitative estimate of drug-likeness (QED) is 0.153. The molecule has 0 aliphatic rings. The van der Waals surface area contributed by atoms with Crippen LogP contribution in [-0.2, 0) is 0 Å². The van der Waals surface area contributed by atoms with Crippen molar-refractivity contribution in [2.45, 2.75) is 0 Å². The minimum atomic E-state index is 0.904. The summed E-state index contributed by atoms with van der Waals surface area (Å²) in [6, 6.07) is 87.1. The number of rotatable bonds is 8. The third-order valence-electron chi connectivity index (χ3n) is 12.4. The van der Waals surface area contributed by atoms with E-state index in [1.165, 1.54) is 27.4 Å². The number of nitrogens with zero attached hydrogens (tertiary/aromatic N) is 2. The summed E-state index contributed by atoms with van der Waals surface area (Å²) < 4.78 is 8.85. The molecule has 0 amide bonds. The number of furan rings is 1. The zero-order valence-electron chi connectivity index (χ0n) is 34.4. The molecule has 0 N–H and O–H groups in total. The van der Waals surface area contributed by atoms with Crippen molar-refractivity contribution in [3.05, 3.63) is 243 Å². The highest BCUT2D eigenvalue weighted by Gasteiger charge is 2.22. The predicted molar refractivity (Wildman–Crippen MR) is 264 cm³/mol. The number of benzene rings is 10. The third kappa shape index (κ3) is 6.21. The second-order valence-corrected chi connectivity index (χ2v) is 16.0. The van der Waals surface area contributed by atoms with Crippen molar-refractivity contribution in [2.24, 2.45) is 0 Å². The Morgan fingerprint density at radius 2 is 0.746 bits per heavy atom. The Morgan fingerprint density at radius 3 is 1.41 bits per heavy atom. The summed E-state index contributed by atoms with van der Waals surface area (Å²) in [6.07, 6.45) is 0. The van der Waals surface area contributed by atoms with Gasteiger partial charge < -0.3 is 13.9 Å². The molecular formula is C60H40N2O. The molecule has 2 heterocycles. The van der Waals surface area contributed by atoms with Crippen LogP contribution in [0, 0.1) is 0 Å². The van der Waals surface area contributed by atoms with Gasteiger partial charge in [-0.15, -0.1) is 0 Å². The van der Waals surface area contributed by atoms with E-state index in [1.807, 2.05) is 12.1 Å². The van der Waals surface area contributed by atoms with E-state index in [-0.39, 0.29) is 0 Å². The Hall–Kier alpha value is -8.40. The average Bonchev–Trinajstić information content (AvgIpc) is 3.91. The lowest BCUT2D eigenvalue weighted by atomic mass is 9.96. The van der Waals surface area contributed by atoms with Gasteiger partial charge in [0.1, 0.15) is 11.2 Å². The molecule has 0 atom stereocenters. The monoisotopic (exact) mass is 804 g/mol. The topological polar surface area (TPSA) is 21.3 Å². The van der Waals surface area contributed by atoms with Crippen molar-refractivity contribution >= 4 is 60.8 Å². The molecule has 63 heavy (non-hydrogen) atoms. The Balaban J connectivity index is 0.986. The third-order valence-corrected chi connectivity index (χ3v) is 12.4. The Bertz CT molecular complexity index is 3560. The number of fused-ring (bicyclic) bond motifs is 6. The molecule has 0 radical (unpaired) electrons.